The predicted molar refractivity (Wildman–Crippen MR) is 65.5 cm³/mol. The molecule has 84 valence electrons. The zero-order chi connectivity index (χ0) is 11.9. The molecule has 0 saturated carbocycles. The third-order valence-electron chi connectivity index (χ3n) is 3.31. The quantitative estimate of drug-likeness (QED) is 0.663. The highest BCUT2D eigenvalue weighted by Crippen LogP contribution is 2.29. The highest BCUT2D eigenvalue weighted by Gasteiger charge is 2.29. The standard InChI is InChI=1S/C13H16N2O/c1-9-10(2)15(4)13(16)11-7-5-6-8-12(11)14(9)3/h5-8,10H,1H2,2-4H3. The van der Waals surface area contributed by atoms with Gasteiger partial charge >= 0.3 is 0 Å². The summed E-state index contributed by atoms with van der Waals surface area (Å²) in [4.78, 5) is 15.9. The van der Waals surface area contributed by atoms with Crippen LogP contribution in [-0.4, -0.2) is 30.9 Å². The first-order valence-corrected chi connectivity index (χ1v) is 5.32. The minimum atomic E-state index is 0.0184. The van der Waals surface area contributed by atoms with Crippen LogP contribution in [0.15, 0.2) is 36.5 Å². The number of carbonyl (C=O) groups excluding carboxylic acids is 1. The van der Waals surface area contributed by atoms with Crippen LogP contribution >= 0.6 is 0 Å². The number of likely N-dealkylation sites (N-methyl/N-ethyl adjacent to an activating group) is 2. The lowest BCUT2D eigenvalue weighted by Gasteiger charge is -2.27. The minimum Gasteiger partial charge on any atom is -0.346 e. The lowest BCUT2D eigenvalue weighted by atomic mass is 10.1. The molecule has 0 spiro atoms. The number of hydrogen-bond acceptors (Lipinski definition) is 2. The van der Waals surface area contributed by atoms with Crippen LogP contribution in [0.2, 0.25) is 0 Å². The summed E-state index contributed by atoms with van der Waals surface area (Å²) in [6.45, 7) is 6.04. The number of carbonyl (C=O) groups is 1. The lowest BCUT2D eigenvalue weighted by Crippen LogP contribution is -2.36. The van der Waals surface area contributed by atoms with Crippen molar-refractivity contribution in [3.8, 4) is 0 Å². The van der Waals surface area contributed by atoms with Gasteiger partial charge in [0.15, 0.2) is 0 Å². The molecule has 0 radical (unpaired) electrons. The monoisotopic (exact) mass is 216 g/mol. The van der Waals surface area contributed by atoms with Crippen molar-refractivity contribution >= 4 is 11.6 Å². The van der Waals surface area contributed by atoms with Gasteiger partial charge < -0.3 is 9.80 Å². The smallest absolute Gasteiger partial charge is 0.256 e. The van der Waals surface area contributed by atoms with E-state index in [1.807, 2.05) is 50.2 Å². The summed E-state index contributed by atoms with van der Waals surface area (Å²) >= 11 is 0. The Bertz CT molecular complexity index is 453. The molecule has 1 amide bonds. The van der Waals surface area contributed by atoms with Crippen LogP contribution in [0.4, 0.5) is 5.69 Å². The van der Waals surface area contributed by atoms with Crippen LogP contribution in [0.1, 0.15) is 17.3 Å². The second-order valence-electron chi connectivity index (χ2n) is 4.16. The fourth-order valence-corrected chi connectivity index (χ4v) is 1.97. The Kier molecular flexibility index (Phi) is 2.46. The molecule has 3 heteroatoms. The van der Waals surface area contributed by atoms with Crippen LogP contribution < -0.4 is 4.90 Å². The van der Waals surface area contributed by atoms with E-state index in [1.165, 1.54) is 0 Å². The van der Waals surface area contributed by atoms with Crippen molar-refractivity contribution < 1.29 is 4.79 Å². The van der Waals surface area contributed by atoms with Gasteiger partial charge in [-0.15, -0.1) is 0 Å². The lowest BCUT2D eigenvalue weighted by molar-refractivity contribution is 0.0769. The Hall–Kier alpha value is -1.77. The fraction of sp³-hybridized carbons (Fsp3) is 0.308. The predicted octanol–water partition coefficient (Wildman–Crippen LogP) is 2.11. The van der Waals surface area contributed by atoms with Gasteiger partial charge in [-0.25, -0.2) is 0 Å². The first kappa shape index (κ1) is 10.7. The summed E-state index contributed by atoms with van der Waals surface area (Å²) in [6.07, 6.45) is 0. The van der Waals surface area contributed by atoms with Gasteiger partial charge in [0, 0.05) is 19.8 Å². The Morgan fingerprint density at radius 1 is 1.25 bits per heavy atom. The highest BCUT2D eigenvalue weighted by atomic mass is 16.2. The Balaban J connectivity index is 2.62. The number of anilines is 1. The molecule has 3 nitrogen and oxygen atoms in total. The van der Waals surface area contributed by atoms with E-state index in [-0.39, 0.29) is 11.9 Å². The molecule has 0 saturated heterocycles. The van der Waals surface area contributed by atoms with E-state index in [4.69, 9.17) is 0 Å². The van der Waals surface area contributed by atoms with Crippen LogP contribution in [0.25, 0.3) is 0 Å². The molecule has 0 aromatic heterocycles. The van der Waals surface area contributed by atoms with Crippen LogP contribution in [0.5, 0.6) is 0 Å². The zero-order valence-electron chi connectivity index (χ0n) is 9.90. The van der Waals surface area contributed by atoms with Crippen LogP contribution in [0.3, 0.4) is 0 Å². The Morgan fingerprint density at radius 2 is 1.88 bits per heavy atom. The van der Waals surface area contributed by atoms with Crippen molar-refractivity contribution in [3.05, 3.63) is 42.1 Å². The average molecular weight is 216 g/mol. The molecule has 1 atom stereocenters. The van der Waals surface area contributed by atoms with E-state index in [2.05, 4.69) is 6.58 Å². The van der Waals surface area contributed by atoms with Crippen molar-refractivity contribution in [1.29, 1.82) is 0 Å². The maximum atomic E-state index is 12.2. The Morgan fingerprint density at radius 3 is 2.56 bits per heavy atom. The SMILES string of the molecule is C=C1C(C)N(C)C(=O)c2ccccc2N1C. The van der Waals surface area contributed by atoms with Gasteiger partial charge in [0.05, 0.1) is 17.3 Å². The summed E-state index contributed by atoms with van der Waals surface area (Å²) in [6, 6.07) is 7.65. The van der Waals surface area contributed by atoms with Crippen LogP contribution in [0, 0.1) is 0 Å². The number of para-hydroxylation sites is 1. The number of hydrogen-bond donors (Lipinski definition) is 0. The van der Waals surface area contributed by atoms with Crippen molar-refractivity contribution in [2.75, 3.05) is 19.0 Å². The molecular formula is C13H16N2O. The minimum absolute atomic E-state index is 0.0184. The largest absolute Gasteiger partial charge is 0.346 e. The molecule has 1 unspecified atom stereocenters. The van der Waals surface area contributed by atoms with Gasteiger partial charge in [-0.05, 0) is 19.1 Å². The van der Waals surface area contributed by atoms with E-state index >= 15 is 0 Å². The van der Waals surface area contributed by atoms with Crippen molar-refractivity contribution in [1.82, 2.24) is 4.90 Å². The van der Waals surface area contributed by atoms with E-state index in [1.54, 1.807) is 4.90 Å². The van der Waals surface area contributed by atoms with Crippen LogP contribution in [-0.2, 0) is 0 Å². The number of rotatable bonds is 0. The summed E-state index contributed by atoms with van der Waals surface area (Å²) in [5.41, 5.74) is 2.59. The molecule has 1 heterocycles. The molecule has 1 aromatic carbocycles. The number of amides is 1. The first-order valence-electron chi connectivity index (χ1n) is 5.32. The molecule has 0 fully saturated rings. The normalized spacial score (nSPS) is 20.8. The van der Waals surface area contributed by atoms with Crippen molar-refractivity contribution in [2.24, 2.45) is 0 Å². The van der Waals surface area contributed by atoms with E-state index < -0.39 is 0 Å². The Labute approximate surface area is 96.0 Å². The van der Waals surface area contributed by atoms with Gasteiger partial charge in [0.1, 0.15) is 0 Å². The van der Waals surface area contributed by atoms with Gasteiger partial charge in [0.2, 0.25) is 0 Å². The summed E-state index contributed by atoms with van der Waals surface area (Å²) in [5.74, 6) is 0.0496. The maximum Gasteiger partial charge on any atom is 0.256 e. The summed E-state index contributed by atoms with van der Waals surface area (Å²) in [7, 11) is 3.76. The molecule has 1 aromatic rings. The van der Waals surface area contributed by atoms with E-state index in [0.717, 1.165) is 16.9 Å². The molecule has 1 aliphatic heterocycles. The fourth-order valence-electron chi connectivity index (χ4n) is 1.97. The topological polar surface area (TPSA) is 23.6 Å². The second-order valence-corrected chi connectivity index (χ2v) is 4.16. The van der Waals surface area contributed by atoms with Gasteiger partial charge in [-0.2, -0.15) is 0 Å². The summed E-state index contributed by atoms with van der Waals surface area (Å²) in [5, 5.41) is 0. The molecule has 16 heavy (non-hydrogen) atoms. The maximum absolute atomic E-state index is 12.2. The average Bonchev–Trinajstić information content (AvgIpc) is 2.38. The van der Waals surface area contributed by atoms with Crippen molar-refractivity contribution in [2.45, 2.75) is 13.0 Å². The molecule has 0 aliphatic carbocycles. The first-order chi connectivity index (χ1) is 7.54. The molecule has 2 rings (SSSR count). The van der Waals surface area contributed by atoms with E-state index in [0.29, 0.717) is 0 Å². The number of nitrogens with zero attached hydrogens (tertiary/aromatic N) is 2. The molecule has 0 bridgehead atoms. The zero-order valence-corrected chi connectivity index (χ0v) is 9.90. The third-order valence-corrected chi connectivity index (χ3v) is 3.31. The summed E-state index contributed by atoms with van der Waals surface area (Å²) < 4.78 is 0. The van der Waals surface area contributed by atoms with Gasteiger partial charge in [0.25, 0.3) is 5.91 Å². The second kappa shape index (κ2) is 3.67. The van der Waals surface area contributed by atoms with Gasteiger partial charge in [-0.3, -0.25) is 4.79 Å². The van der Waals surface area contributed by atoms with Gasteiger partial charge in [-0.1, -0.05) is 18.7 Å². The van der Waals surface area contributed by atoms with Crippen molar-refractivity contribution in [3.63, 3.8) is 0 Å². The molecule has 1 aliphatic rings. The van der Waals surface area contributed by atoms with E-state index in [9.17, 15) is 4.79 Å². The third kappa shape index (κ3) is 1.40. The molecule has 0 N–H and O–H groups in total. The highest BCUT2D eigenvalue weighted by molar-refractivity contribution is 6.01. The number of benzene rings is 1. The molecular weight excluding hydrogens is 200 g/mol. The number of fused-ring (bicyclic) bond motifs is 1.